The van der Waals surface area contributed by atoms with Crippen LogP contribution in [0, 0.1) is 0 Å². The number of carbonyl (C=O) groups excluding carboxylic acids is 2. The van der Waals surface area contributed by atoms with Gasteiger partial charge in [0.25, 0.3) is 11.7 Å². The second-order valence-electron chi connectivity index (χ2n) is 10.4. The Hall–Kier alpha value is -4.06. The van der Waals surface area contributed by atoms with Crippen molar-refractivity contribution in [2.24, 2.45) is 0 Å². The lowest BCUT2D eigenvalue weighted by atomic mass is 9.84. The highest BCUT2D eigenvalue weighted by atomic mass is 16.5. The van der Waals surface area contributed by atoms with Crippen molar-refractivity contribution in [3.63, 3.8) is 0 Å². The summed E-state index contributed by atoms with van der Waals surface area (Å²) in [4.78, 5) is 30.3. The first-order valence-electron chi connectivity index (χ1n) is 12.5. The summed E-state index contributed by atoms with van der Waals surface area (Å²) in [5.41, 5.74) is 3.48. The van der Waals surface area contributed by atoms with E-state index in [0.717, 1.165) is 22.6 Å². The number of hydrogen-bond acceptors (Lipinski definition) is 5. The number of aliphatic hydroxyl groups excluding tert-OH is 1. The molecule has 1 heterocycles. The average molecular weight is 499 g/mol. The van der Waals surface area contributed by atoms with E-state index >= 15 is 0 Å². The summed E-state index contributed by atoms with van der Waals surface area (Å²) in [5, 5.41) is 11.6. The molecule has 0 bridgehead atoms. The standard InChI is InChI=1S/C31H34N2O4/c1-7-37-25-18-15-21(19-24(25)31(2,3)4)28(34)26-27(20-13-16-22(17-14-20)32(5)6)33(30(36)29(26)35)23-11-9-8-10-12-23/h8-19,27,34H,7H2,1-6H3/b28-26-. The Labute approximate surface area is 218 Å². The van der Waals surface area contributed by atoms with Crippen LogP contribution in [0.2, 0.25) is 0 Å². The highest BCUT2D eigenvalue weighted by Crippen LogP contribution is 2.43. The molecule has 1 aliphatic rings. The summed E-state index contributed by atoms with van der Waals surface area (Å²) in [6, 6.07) is 21.4. The number of hydrogen-bond donors (Lipinski definition) is 1. The smallest absolute Gasteiger partial charge is 0.300 e. The number of aliphatic hydroxyl groups is 1. The van der Waals surface area contributed by atoms with Crippen LogP contribution >= 0.6 is 0 Å². The van der Waals surface area contributed by atoms with Gasteiger partial charge in [0.2, 0.25) is 0 Å². The van der Waals surface area contributed by atoms with Crippen molar-refractivity contribution in [1.29, 1.82) is 0 Å². The third-order valence-electron chi connectivity index (χ3n) is 6.56. The number of ether oxygens (including phenoxy) is 1. The molecule has 1 N–H and O–H groups in total. The fourth-order valence-electron chi connectivity index (χ4n) is 4.66. The Kier molecular flexibility index (Phi) is 7.12. The van der Waals surface area contributed by atoms with Crippen molar-refractivity contribution in [3.05, 3.63) is 95.1 Å². The first-order valence-corrected chi connectivity index (χ1v) is 12.5. The Morgan fingerprint density at radius 1 is 0.973 bits per heavy atom. The topological polar surface area (TPSA) is 70.1 Å². The molecule has 1 fully saturated rings. The minimum Gasteiger partial charge on any atom is -0.507 e. The fourth-order valence-corrected chi connectivity index (χ4v) is 4.66. The van der Waals surface area contributed by atoms with Crippen LogP contribution < -0.4 is 14.5 Å². The molecule has 0 aromatic heterocycles. The summed E-state index contributed by atoms with van der Waals surface area (Å²) in [7, 11) is 3.90. The van der Waals surface area contributed by atoms with Crippen molar-refractivity contribution in [2.75, 3.05) is 30.5 Å². The monoisotopic (exact) mass is 498 g/mol. The number of amides is 1. The third kappa shape index (κ3) is 4.96. The maximum absolute atomic E-state index is 13.5. The van der Waals surface area contributed by atoms with Crippen LogP contribution in [0.4, 0.5) is 11.4 Å². The molecule has 1 amide bonds. The molecule has 1 atom stereocenters. The zero-order chi connectivity index (χ0) is 26.9. The summed E-state index contributed by atoms with van der Waals surface area (Å²) in [6.45, 7) is 8.63. The van der Waals surface area contributed by atoms with Gasteiger partial charge in [0, 0.05) is 36.6 Å². The van der Waals surface area contributed by atoms with Crippen LogP contribution in [0.3, 0.4) is 0 Å². The molecule has 0 radical (unpaired) electrons. The van der Waals surface area contributed by atoms with E-state index < -0.39 is 17.7 Å². The van der Waals surface area contributed by atoms with Crippen LogP contribution in [-0.2, 0) is 15.0 Å². The van der Waals surface area contributed by atoms with E-state index in [2.05, 4.69) is 20.8 Å². The molecule has 4 rings (SSSR count). The van der Waals surface area contributed by atoms with Gasteiger partial charge >= 0.3 is 0 Å². The number of carbonyl (C=O) groups is 2. The largest absolute Gasteiger partial charge is 0.507 e. The normalized spacial score (nSPS) is 17.2. The number of rotatable bonds is 6. The van der Waals surface area contributed by atoms with Gasteiger partial charge in [-0.25, -0.2) is 0 Å². The molecule has 6 heteroatoms. The molecule has 6 nitrogen and oxygen atoms in total. The van der Waals surface area contributed by atoms with Crippen LogP contribution in [-0.4, -0.2) is 37.5 Å². The third-order valence-corrected chi connectivity index (χ3v) is 6.56. The van der Waals surface area contributed by atoms with E-state index in [4.69, 9.17) is 4.74 Å². The van der Waals surface area contributed by atoms with E-state index in [-0.39, 0.29) is 16.7 Å². The molecule has 0 aliphatic carbocycles. The second kappa shape index (κ2) is 10.1. The molecule has 0 spiro atoms. The maximum Gasteiger partial charge on any atom is 0.300 e. The zero-order valence-electron chi connectivity index (χ0n) is 22.3. The number of anilines is 2. The van der Waals surface area contributed by atoms with Crippen LogP contribution in [0.1, 0.15) is 50.4 Å². The Bertz CT molecular complexity index is 1340. The lowest BCUT2D eigenvalue weighted by Crippen LogP contribution is -2.29. The zero-order valence-corrected chi connectivity index (χ0v) is 22.3. The quantitative estimate of drug-likeness (QED) is 0.254. The van der Waals surface area contributed by atoms with Crippen molar-refractivity contribution in [1.82, 2.24) is 0 Å². The van der Waals surface area contributed by atoms with E-state index in [0.29, 0.717) is 17.9 Å². The Morgan fingerprint density at radius 3 is 2.19 bits per heavy atom. The molecule has 3 aromatic carbocycles. The van der Waals surface area contributed by atoms with Gasteiger partial charge in [-0.15, -0.1) is 0 Å². The second-order valence-corrected chi connectivity index (χ2v) is 10.4. The molecule has 1 unspecified atom stereocenters. The lowest BCUT2D eigenvalue weighted by Gasteiger charge is -2.26. The molecule has 0 saturated carbocycles. The van der Waals surface area contributed by atoms with Crippen LogP contribution in [0.25, 0.3) is 5.76 Å². The average Bonchev–Trinajstić information content (AvgIpc) is 3.14. The van der Waals surface area contributed by atoms with Gasteiger partial charge in [0.05, 0.1) is 18.2 Å². The summed E-state index contributed by atoms with van der Waals surface area (Å²) in [6.07, 6.45) is 0. The maximum atomic E-state index is 13.5. The van der Waals surface area contributed by atoms with Gasteiger partial charge in [-0.2, -0.15) is 0 Å². The van der Waals surface area contributed by atoms with Crippen molar-refractivity contribution < 1.29 is 19.4 Å². The lowest BCUT2D eigenvalue weighted by molar-refractivity contribution is -0.132. The van der Waals surface area contributed by atoms with Gasteiger partial charge in [-0.1, -0.05) is 51.1 Å². The molecule has 192 valence electrons. The number of Topliss-reactive ketones (excluding diaryl/α,β-unsaturated/α-hetero) is 1. The molecule has 1 saturated heterocycles. The van der Waals surface area contributed by atoms with Crippen LogP contribution in [0.15, 0.2) is 78.4 Å². The van der Waals surface area contributed by atoms with E-state index in [1.165, 1.54) is 4.90 Å². The van der Waals surface area contributed by atoms with Crippen molar-refractivity contribution in [2.45, 2.75) is 39.2 Å². The number of para-hydroxylation sites is 1. The number of ketones is 1. The Morgan fingerprint density at radius 2 is 1.62 bits per heavy atom. The Balaban J connectivity index is 1.93. The molecular weight excluding hydrogens is 464 g/mol. The summed E-state index contributed by atoms with van der Waals surface area (Å²) in [5.74, 6) is -0.857. The van der Waals surface area contributed by atoms with Gasteiger partial charge < -0.3 is 14.7 Å². The SMILES string of the molecule is CCOc1ccc(/C(O)=C2/C(=O)C(=O)N(c3ccccc3)C2c2ccc(N(C)C)cc2)cc1C(C)(C)C. The van der Waals surface area contributed by atoms with E-state index in [9.17, 15) is 14.7 Å². The summed E-state index contributed by atoms with van der Waals surface area (Å²) >= 11 is 0. The molecule has 3 aromatic rings. The molecular formula is C31H34N2O4. The van der Waals surface area contributed by atoms with Gasteiger partial charge in [0.15, 0.2) is 0 Å². The fraction of sp³-hybridized carbons (Fsp3) is 0.290. The first-order chi connectivity index (χ1) is 17.5. The number of nitrogens with zero attached hydrogens (tertiary/aromatic N) is 2. The molecule has 1 aliphatic heterocycles. The van der Waals surface area contributed by atoms with Crippen molar-refractivity contribution in [3.8, 4) is 5.75 Å². The molecule has 37 heavy (non-hydrogen) atoms. The van der Waals surface area contributed by atoms with E-state index in [1.807, 2.05) is 80.5 Å². The summed E-state index contributed by atoms with van der Waals surface area (Å²) < 4.78 is 5.83. The first kappa shape index (κ1) is 26.0. The minimum absolute atomic E-state index is 0.0653. The predicted octanol–water partition coefficient (Wildman–Crippen LogP) is 6.08. The van der Waals surface area contributed by atoms with Crippen LogP contribution in [0.5, 0.6) is 5.75 Å². The van der Waals surface area contributed by atoms with E-state index in [1.54, 1.807) is 18.2 Å². The highest BCUT2D eigenvalue weighted by molar-refractivity contribution is 6.51. The van der Waals surface area contributed by atoms with Gasteiger partial charge in [-0.3, -0.25) is 14.5 Å². The minimum atomic E-state index is -0.775. The highest BCUT2D eigenvalue weighted by Gasteiger charge is 2.47. The van der Waals surface area contributed by atoms with Gasteiger partial charge in [-0.05, 0) is 60.4 Å². The van der Waals surface area contributed by atoms with Gasteiger partial charge in [0.1, 0.15) is 11.5 Å². The predicted molar refractivity (Wildman–Crippen MR) is 148 cm³/mol. The van der Waals surface area contributed by atoms with Crippen molar-refractivity contribution >= 4 is 28.8 Å². The number of benzene rings is 3.